The summed E-state index contributed by atoms with van der Waals surface area (Å²) in [4.78, 5) is 11.7. The predicted molar refractivity (Wildman–Crippen MR) is 75.5 cm³/mol. The van der Waals surface area contributed by atoms with Crippen LogP contribution in [0.1, 0.15) is 10.4 Å². The number of rotatable bonds is 6. The van der Waals surface area contributed by atoms with Gasteiger partial charge < -0.3 is 0 Å². The predicted octanol–water partition coefficient (Wildman–Crippen LogP) is 2.41. The van der Waals surface area contributed by atoms with Gasteiger partial charge in [0.1, 0.15) is 9.84 Å². The Labute approximate surface area is 114 Å². The molecule has 1 rings (SSSR count). The van der Waals surface area contributed by atoms with E-state index in [0.717, 1.165) is 4.47 Å². The maximum absolute atomic E-state index is 11.7. The molecular formula is C11H13BrO3S2. The molecule has 0 aromatic heterocycles. The first-order valence-electron chi connectivity index (χ1n) is 4.93. The fraction of sp³-hybridized carbons (Fsp3) is 0.364. The number of Topliss-reactive ketones (excluding diaryl/α,β-unsaturated/α-hetero) is 1. The van der Waals surface area contributed by atoms with E-state index in [2.05, 4.69) is 15.9 Å². The lowest BCUT2D eigenvalue weighted by atomic mass is 10.2. The van der Waals surface area contributed by atoms with Gasteiger partial charge in [-0.25, -0.2) is 8.42 Å². The standard InChI is InChI=1S/C11H13BrO3S2/c1-17(14,15)7-6-16-8-11(13)9-2-4-10(12)5-3-9/h2-5H,6-8H2,1H3. The SMILES string of the molecule is CS(=O)(=O)CCSCC(=O)c1ccc(Br)cc1. The Kier molecular flexibility index (Phi) is 5.69. The minimum absolute atomic E-state index is 0.0241. The Morgan fingerprint density at radius 1 is 1.29 bits per heavy atom. The molecule has 6 heteroatoms. The number of sulfone groups is 1. The van der Waals surface area contributed by atoms with E-state index in [1.807, 2.05) is 12.1 Å². The van der Waals surface area contributed by atoms with Crippen molar-refractivity contribution in [3.05, 3.63) is 34.3 Å². The first-order valence-corrected chi connectivity index (χ1v) is 8.93. The topological polar surface area (TPSA) is 51.2 Å². The van der Waals surface area contributed by atoms with Crippen LogP contribution in [-0.4, -0.2) is 37.7 Å². The highest BCUT2D eigenvalue weighted by atomic mass is 79.9. The fourth-order valence-electron chi connectivity index (χ4n) is 1.09. The molecule has 94 valence electrons. The van der Waals surface area contributed by atoms with Crippen molar-refractivity contribution in [2.75, 3.05) is 23.5 Å². The van der Waals surface area contributed by atoms with E-state index in [1.54, 1.807) is 12.1 Å². The van der Waals surface area contributed by atoms with Crippen LogP contribution < -0.4 is 0 Å². The van der Waals surface area contributed by atoms with Crippen molar-refractivity contribution >= 4 is 43.3 Å². The van der Waals surface area contributed by atoms with Crippen LogP contribution in [0.25, 0.3) is 0 Å². The van der Waals surface area contributed by atoms with Gasteiger partial charge >= 0.3 is 0 Å². The molecule has 0 radical (unpaired) electrons. The summed E-state index contributed by atoms with van der Waals surface area (Å²) in [6, 6.07) is 7.13. The summed E-state index contributed by atoms with van der Waals surface area (Å²) in [7, 11) is -2.93. The van der Waals surface area contributed by atoms with Crippen LogP contribution in [0.3, 0.4) is 0 Å². The molecule has 3 nitrogen and oxygen atoms in total. The Morgan fingerprint density at radius 2 is 1.88 bits per heavy atom. The van der Waals surface area contributed by atoms with Crippen LogP contribution in [0.15, 0.2) is 28.7 Å². The number of halogens is 1. The van der Waals surface area contributed by atoms with E-state index in [1.165, 1.54) is 18.0 Å². The third-order valence-electron chi connectivity index (χ3n) is 2.00. The maximum Gasteiger partial charge on any atom is 0.172 e. The van der Waals surface area contributed by atoms with Gasteiger partial charge in [-0.1, -0.05) is 28.1 Å². The van der Waals surface area contributed by atoms with Crippen molar-refractivity contribution in [2.45, 2.75) is 0 Å². The Hall–Kier alpha value is -0.330. The Balaban J connectivity index is 2.38. The fourth-order valence-corrected chi connectivity index (χ4v) is 3.54. The summed E-state index contributed by atoms with van der Waals surface area (Å²) in [6.07, 6.45) is 1.20. The molecule has 17 heavy (non-hydrogen) atoms. The van der Waals surface area contributed by atoms with E-state index in [-0.39, 0.29) is 11.5 Å². The largest absolute Gasteiger partial charge is 0.293 e. The summed E-state index contributed by atoms with van der Waals surface area (Å²) in [5.74, 6) is 0.916. The molecule has 0 aliphatic rings. The van der Waals surface area contributed by atoms with E-state index < -0.39 is 9.84 Å². The molecule has 0 saturated carbocycles. The summed E-state index contributed by atoms with van der Waals surface area (Å²) in [5.41, 5.74) is 0.653. The van der Waals surface area contributed by atoms with Crippen molar-refractivity contribution < 1.29 is 13.2 Å². The molecule has 0 amide bonds. The average Bonchev–Trinajstić information content (AvgIpc) is 2.24. The zero-order chi connectivity index (χ0) is 12.9. The molecule has 0 saturated heterocycles. The minimum atomic E-state index is -2.93. The van der Waals surface area contributed by atoms with Crippen molar-refractivity contribution in [3.8, 4) is 0 Å². The van der Waals surface area contributed by atoms with Gasteiger partial charge in [0.05, 0.1) is 11.5 Å². The molecule has 0 aliphatic heterocycles. The van der Waals surface area contributed by atoms with Crippen molar-refractivity contribution in [1.29, 1.82) is 0 Å². The number of carbonyl (C=O) groups excluding carboxylic acids is 1. The monoisotopic (exact) mass is 336 g/mol. The number of hydrogen-bond donors (Lipinski definition) is 0. The van der Waals surface area contributed by atoms with Crippen molar-refractivity contribution in [3.63, 3.8) is 0 Å². The zero-order valence-corrected chi connectivity index (χ0v) is 12.6. The summed E-state index contributed by atoms with van der Waals surface area (Å²) in [6.45, 7) is 0. The molecule has 0 bridgehead atoms. The van der Waals surface area contributed by atoms with Gasteiger partial charge in [-0.3, -0.25) is 4.79 Å². The van der Waals surface area contributed by atoms with Gasteiger partial charge in [-0.2, -0.15) is 11.8 Å². The molecule has 1 aromatic rings. The van der Waals surface area contributed by atoms with Crippen molar-refractivity contribution in [1.82, 2.24) is 0 Å². The minimum Gasteiger partial charge on any atom is -0.293 e. The number of hydrogen-bond acceptors (Lipinski definition) is 4. The molecule has 0 atom stereocenters. The summed E-state index contributed by atoms with van der Waals surface area (Å²) >= 11 is 4.64. The molecule has 0 fully saturated rings. The lowest BCUT2D eigenvalue weighted by molar-refractivity contribution is 0.102. The quantitative estimate of drug-likeness (QED) is 0.591. The van der Waals surface area contributed by atoms with Crippen molar-refractivity contribution in [2.24, 2.45) is 0 Å². The van der Waals surface area contributed by atoms with Crippen LogP contribution in [0.5, 0.6) is 0 Å². The maximum atomic E-state index is 11.7. The average molecular weight is 337 g/mol. The number of carbonyl (C=O) groups is 1. The van der Waals surface area contributed by atoms with E-state index in [0.29, 0.717) is 17.1 Å². The first-order chi connectivity index (χ1) is 7.88. The van der Waals surface area contributed by atoms with Gasteiger partial charge in [0, 0.05) is 22.0 Å². The lowest BCUT2D eigenvalue weighted by Crippen LogP contribution is -2.08. The summed E-state index contributed by atoms with van der Waals surface area (Å²) in [5, 5.41) is 0. The van der Waals surface area contributed by atoms with Gasteiger partial charge in [0.25, 0.3) is 0 Å². The molecule has 0 unspecified atom stereocenters. The van der Waals surface area contributed by atoms with Gasteiger partial charge in [-0.05, 0) is 12.1 Å². The number of thioether (sulfide) groups is 1. The van der Waals surface area contributed by atoms with Crippen LogP contribution in [0, 0.1) is 0 Å². The van der Waals surface area contributed by atoms with E-state index >= 15 is 0 Å². The first kappa shape index (κ1) is 14.7. The smallest absolute Gasteiger partial charge is 0.172 e. The third kappa shape index (κ3) is 6.24. The summed E-state index contributed by atoms with van der Waals surface area (Å²) < 4.78 is 22.7. The molecule has 0 spiro atoms. The second-order valence-electron chi connectivity index (χ2n) is 3.61. The second kappa shape index (κ2) is 6.56. The molecule has 0 N–H and O–H groups in total. The zero-order valence-electron chi connectivity index (χ0n) is 9.35. The van der Waals surface area contributed by atoms with Gasteiger partial charge in [0.2, 0.25) is 0 Å². The second-order valence-corrected chi connectivity index (χ2v) is 7.89. The molecular weight excluding hydrogens is 324 g/mol. The van der Waals surface area contributed by atoms with Crippen LogP contribution in [0.4, 0.5) is 0 Å². The number of benzene rings is 1. The van der Waals surface area contributed by atoms with Crippen LogP contribution in [0.2, 0.25) is 0 Å². The Morgan fingerprint density at radius 3 is 2.41 bits per heavy atom. The van der Waals surface area contributed by atoms with E-state index in [9.17, 15) is 13.2 Å². The third-order valence-corrected chi connectivity index (χ3v) is 4.69. The Bertz CT molecular complexity index is 480. The lowest BCUT2D eigenvalue weighted by Gasteiger charge is -2.01. The highest BCUT2D eigenvalue weighted by Gasteiger charge is 2.07. The molecule has 0 heterocycles. The highest BCUT2D eigenvalue weighted by molar-refractivity contribution is 9.10. The molecule has 1 aromatic carbocycles. The van der Waals surface area contributed by atoms with Crippen LogP contribution in [-0.2, 0) is 9.84 Å². The van der Waals surface area contributed by atoms with Gasteiger partial charge in [0.15, 0.2) is 5.78 Å². The number of ketones is 1. The van der Waals surface area contributed by atoms with Crippen LogP contribution >= 0.6 is 27.7 Å². The highest BCUT2D eigenvalue weighted by Crippen LogP contribution is 2.13. The van der Waals surface area contributed by atoms with E-state index in [4.69, 9.17) is 0 Å². The normalized spacial score (nSPS) is 11.4. The molecule has 0 aliphatic carbocycles. The van der Waals surface area contributed by atoms with Gasteiger partial charge in [-0.15, -0.1) is 0 Å².